The summed E-state index contributed by atoms with van der Waals surface area (Å²) in [5.74, 6) is 0.375. The van der Waals surface area contributed by atoms with E-state index in [0.29, 0.717) is 13.0 Å². The number of benzene rings is 2. The zero-order valence-electron chi connectivity index (χ0n) is 14.8. The van der Waals surface area contributed by atoms with E-state index in [1.807, 2.05) is 36.4 Å². The lowest BCUT2D eigenvalue weighted by molar-refractivity contribution is -0.224. The monoisotopic (exact) mass is 338 g/mol. The summed E-state index contributed by atoms with van der Waals surface area (Å²) in [5, 5.41) is 0. The van der Waals surface area contributed by atoms with Crippen LogP contribution in [-0.2, 0) is 15.9 Å². The Hall–Kier alpha value is -1.97. The van der Waals surface area contributed by atoms with Gasteiger partial charge in [0.15, 0.2) is 12.1 Å². The van der Waals surface area contributed by atoms with Crippen LogP contribution < -0.4 is 0 Å². The summed E-state index contributed by atoms with van der Waals surface area (Å²) in [7, 11) is 0. The molecule has 3 atom stereocenters. The number of aryl methyl sites for hydroxylation is 1. The van der Waals surface area contributed by atoms with Crippen LogP contribution in [0.25, 0.3) is 0 Å². The van der Waals surface area contributed by atoms with E-state index >= 15 is 0 Å². The summed E-state index contributed by atoms with van der Waals surface area (Å²) in [6.45, 7) is 2.80. The van der Waals surface area contributed by atoms with E-state index in [2.05, 4.69) is 31.2 Å². The third-order valence-corrected chi connectivity index (χ3v) is 4.78. The molecule has 3 heteroatoms. The minimum Gasteiger partial charge on any atom is -0.353 e. The number of carbonyl (C=O) groups excluding carboxylic acids is 1. The van der Waals surface area contributed by atoms with Crippen LogP contribution in [0, 0.1) is 5.92 Å². The highest BCUT2D eigenvalue weighted by molar-refractivity contribution is 5.96. The van der Waals surface area contributed by atoms with E-state index in [0.717, 1.165) is 24.8 Å². The van der Waals surface area contributed by atoms with Crippen molar-refractivity contribution in [2.24, 2.45) is 5.92 Å². The molecule has 0 saturated carbocycles. The quantitative estimate of drug-likeness (QED) is 0.689. The van der Waals surface area contributed by atoms with E-state index in [9.17, 15) is 4.79 Å². The van der Waals surface area contributed by atoms with Crippen LogP contribution >= 0.6 is 0 Å². The summed E-state index contributed by atoms with van der Waals surface area (Å²) >= 11 is 0. The molecule has 1 aliphatic rings. The van der Waals surface area contributed by atoms with Crippen molar-refractivity contribution < 1.29 is 14.3 Å². The zero-order valence-corrected chi connectivity index (χ0v) is 14.8. The van der Waals surface area contributed by atoms with E-state index in [-0.39, 0.29) is 24.1 Å². The highest BCUT2D eigenvalue weighted by Gasteiger charge is 2.28. The first-order chi connectivity index (χ1) is 12.2. The molecule has 2 aromatic carbocycles. The van der Waals surface area contributed by atoms with Crippen LogP contribution in [-0.4, -0.2) is 24.8 Å². The van der Waals surface area contributed by atoms with E-state index in [1.54, 1.807) is 0 Å². The van der Waals surface area contributed by atoms with Crippen molar-refractivity contribution in [1.29, 1.82) is 0 Å². The fourth-order valence-electron chi connectivity index (χ4n) is 3.28. The molecular weight excluding hydrogens is 312 g/mol. The fourth-order valence-corrected chi connectivity index (χ4v) is 3.28. The van der Waals surface area contributed by atoms with Gasteiger partial charge in [0.05, 0.1) is 12.7 Å². The predicted octanol–water partition coefficient (Wildman–Crippen LogP) is 4.66. The van der Waals surface area contributed by atoms with Crippen molar-refractivity contribution >= 4 is 5.78 Å². The minimum atomic E-state index is -0.173. The third-order valence-electron chi connectivity index (χ3n) is 4.78. The van der Waals surface area contributed by atoms with Crippen LogP contribution in [0.4, 0.5) is 0 Å². The second-order valence-electron chi connectivity index (χ2n) is 6.76. The molecule has 0 spiro atoms. The van der Waals surface area contributed by atoms with E-state index < -0.39 is 0 Å². The van der Waals surface area contributed by atoms with Gasteiger partial charge < -0.3 is 9.47 Å². The zero-order chi connectivity index (χ0) is 17.5. The molecule has 0 N–H and O–H groups in total. The smallest absolute Gasteiger partial charge is 0.163 e. The molecule has 3 rings (SSSR count). The number of hydrogen-bond donors (Lipinski definition) is 0. The van der Waals surface area contributed by atoms with Crippen LogP contribution in [0.5, 0.6) is 0 Å². The predicted molar refractivity (Wildman–Crippen MR) is 98.5 cm³/mol. The molecule has 1 saturated heterocycles. The average Bonchev–Trinajstić information content (AvgIpc) is 2.68. The number of carbonyl (C=O) groups is 1. The average molecular weight is 338 g/mol. The van der Waals surface area contributed by atoms with Gasteiger partial charge in [0, 0.05) is 18.4 Å². The van der Waals surface area contributed by atoms with Gasteiger partial charge in [0.1, 0.15) is 0 Å². The summed E-state index contributed by atoms with van der Waals surface area (Å²) in [6, 6.07) is 19.9. The molecule has 0 bridgehead atoms. The number of rotatable bonds is 7. The molecular formula is C22H26O3. The summed E-state index contributed by atoms with van der Waals surface area (Å²) in [6.07, 6.45) is 3.07. The van der Waals surface area contributed by atoms with Gasteiger partial charge >= 0.3 is 0 Å². The van der Waals surface area contributed by atoms with Gasteiger partial charge in [0.2, 0.25) is 0 Å². The van der Waals surface area contributed by atoms with Crippen molar-refractivity contribution in [3.63, 3.8) is 0 Å². The normalized spacial score (nSPS) is 21.6. The van der Waals surface area contributed by atoms with Gasteiger partial charge in [0.25, 0.3) is 0 Å². The molecule has 2 aromatic rings. The second-order valence-corrected chi connectivity index (χ2v) is 6.76. The molecule has 0 amide bonds. The number of Topliss-reactive ketones (excluding diaryl/α,β-unsaturated/α-hetero) is 1. The number of ketones is 1. The lowest BCUT2D eigenvalue weighted by atomic mass is 9.93. The topological polar surface area (TPSA) is 35.5 Å². The highest BCUT2D eigenvalue weighted by atomic mass is 16.7. The first kappa shape index (κ1) is 17.8. The van der Waals surface area contributed by atoms with Crippen molar-refractivity contribution in [2.75, 3.05) is 6.61 Å². The number of hydrogen-bond acceptors (Lipinski definition) is 3. The Morgan fingerprint density at radius 1 is 1.08 bits per heavy atom. The molecule has 3 nitrogen and oxygen atoms in total. The van der Waals surface area contributed by atoms with Gasteiger partial charge in [-0.2, -0.15) is 0 Å². The molecule has 1 fully saturated rings. The van der Waals surface area contributed by atoms with Gasteiger partial charge in [-0.3, -0.25) is 4.79 Å². The maximum atomic E-state index is 12.4. The Labute approximate surface area is 150 Å². The van der Waals surface area contributed by atoms with Gasteiger partial charge in [-0.15, -0.1) is 0 Å². The van der Waals surface area contributed by atoms with Crippen LogP contribution in [0.1, 0.15) is 42.1 Å². The van der Waals surface area contributed by atoms with Gasteiger partial charge in [-0.25, -0.2) is 0 Å². The fraction of sp³-hybridized carbons (Fsp3) is 0.409. The minimum absolute atomic E-state index is 0.0854. The van der Waals surface area contributed by atoms with Crippen LogP contribution in [0.15, 0.2) is 60.7 Å². The van der Waals surface area contributed by atoms with Crippen molar-refractivity contribution in [1.82, 2.24) is 0 Å². The molecule has 132 valence electrons. The largest absolute Gasteiger partial charge is 0.353 e. The molecule has 0 aromatic heterocycles. The Morgan fingerprint density at radius 3 is 2.48 bits per heavy atom. The Bertz CT molecular complexity index is 653. The maximum Gasteiger partial charge on any atom is 0.163 e. The van der Waals surface area contributed by atoms with Gasteiger partial charge in [-0.1, -0.05) is 67.6 Å². The second kappa shape index (κ2) is 8.93. The Morgan fingerprint density at radius 2 is 1.76 bits per heavy atom. The molecule has 3 unspecified atom stereocenters. The molecule has 1 aliphatic heterocycles. The Balaban J connectivity index is 1.49. The summed E-state index contributed by atoms with van der Waals surface area (Å²) in [4.78, 5) is 12.4. The van der Waals surface area contributed by atoms with Gasteiger partial charge in [-0.05, 0) is 24.3 Å². The highest BCUT2D eigenvalue weighted by Crippen LogP contribution is 2.25. The molecule has 1 heterocycles. The maximum absolute atomic E-state index is 12.4. The van der Waals surface area contributed by atoms with Crippen molar-refractivity contribution in [3.8, 4) is 0 Å². The van der Waals surface area contributed by atoms with Crippen LogP contribution in [0.2, 0.25) is 0 Å². The first-order valence-electron chi connectivity index (χ1n) is 9.11. The Kier molecular flexibility index (Phi) is 6.37. The number of ether oxygens (including phenoxy) is 2. The summed E-state index contributed by atoms with van der Waals surface area (Å²) in [5.41, 5.74) is 2.08. The molecule has 0 aliphatic carbocycles. The SMILES string of the molecule is CC(CC(=O)c1ccccc1)C1CCOC(CCc2ccccc2)O1. The molecule has 0 radical (unpaired) electrons. The van der Waals surface area contributed by atoms with Crippen LogP contribution in [0.3, 0.4) is 0 Å². The lowest BCUT2D eigenvalue weighted by Crippen LogP contribution is -2.37. The lowest BCUT2D eigenvalue weighted by Gasteiger charge is -2.33. The van der Waals surface area contributed by atoms with E-state index in [4.69, 9.17) is 9.47 Å². The van der Waals surface area contributed by atoms with Crippen molar-refractivity contribution in [2.45, 2.75) is 45.0 Å². The van der Waals surface area contributed by atoms with Crippen molar-refractivity contribution in [3.05, 3.63) is 71.8 Å². The third kappa shape index (κ3) is 5.25. The van der Waals surface area contributed by atoms with E-state index in [1.165, 1.54) is 5.56 Å². The molecule has 25 heavy (non-hydrogen) atoms. The standard InChI is InChI=1S/C22H26O3/c1-17(16-20(23)19-10-6-3-7-11-19)21-14-15-24-22(25-21)13-12-18-8-4-2-5-9-18/h2-11,17,21-22H,12-16H2,1H3. The summed E-state index contributed by atoms with van der Waals surface area (Å²) < 4.78 is 11.9. The first-order valence-corrected chi connectivity index (χ1v) is 9.11.